The van der Waals surface area contributed by atoms with E-state index in [1.807, 2.05) is 19.1 Å². The molecule has 0 aliphatic heterocycles. The fraction of sp³-hybridized carbons (Fsp3) is 0.118. The Morgan fingerprint density at radius 3 is 1.89 bits per heavy atom. The Morgan fingerprint density at radius 2 is 1.44 bits per heavy atom. The molecular weight excluding hydrogens is 220 g/mol. The largest absolute Gasteiger partial charge is 0.303 e. The maximum Gasteiger partial charge on any atom is 0.119 e. The summed E-state index contributed by atoms with van der Waals surface area (Å²) >= 11 is 0. The first-order chi connectivity index (χ1) is 8.81. The van der Waals surface area contributed by atoms with Crippen molar-refractivity contribution in [1.82, 2.24) is 0 Å². The molecular formula is C17H18O. The smallest absolute Gasteiger partial charge is 0.119 e. The van der Waals surface area contributed by atoms with E-state index in [-0.39, 0.29) is 0 Å². The summed E-state index contributed by atoms with van der Waals surface area (Å²) < 4.78 is 0. The van der Waals surface area contributed by atoms with Crippen molar-refractivity contribution in [3.8, 4) is 11.1 Å². The fourth-order valence-corrected chi connectivity index (χ4v) is 1.44. The third-order valence-electron chi connectivity index (χ3n) is 2.42. The van der Waals surface area contributed by atoms with E-state index in [0.29, 0.717) is 6.42 Å². The molecule has 1 nitrogen and oxygen atoms in total. The predicted octanol–water partition coefficient (Wildman–Crippen LogP) is 4.59. The van der Waals surface area contributed by atoms with Crippen LogP contribution in [0.5, 0.6) is 0 Å². The van der Waals surface area contributed by atoms with Gasteiger partial charge in [0, 0.05) is 6.42 Å². The second-order valence-corrected chi connectivity index (χ2v) is 3.77. The summed E-state index contributed by atoms with van der Waals surface area (Å²) in [7, 11) is 0. The van der Waals surface area contributed by atoms with Crippen LogP contribution in [-0.4, -0.2) is 6.29 Å². The molecule has 0 heterocycles. The second-order valence-electron chi connectivity index (χ2n) is 3.77. The number of rotatable bonds is 3. The van der Waals surface area contributed by atoms with Crippen LogP contribution >= 0.6 is 0 Å². The van der Waals surface area contributed by atoms with Gasteiger partial charge in [-0.3, -0.25) is 0 Å². The summed E-state index contributed by atoms with van der Waals surface area (Å²) in [5.41, 5.74) is 3.66. The van der Waals surface area contributed by atoms with Gasteiger partial charge in [0.1, 0.15) is 6.29 Å². The van der Waals surface area contributed by atoms with Gasteiger partial charge in [0.25, 0.3) is 0 Å². The molecule has 0 aliphatic carbocycles. The highest BCUT2D eigenvalue weighted by molar-refractivity contribution is 5.65. The minimum atomic E-state index is 0.639. The van der Waals surface area contributed by atoms with E-state index in [1.54, 1.807) is 0 Å². The van der Waals surface area contributed by atoms with Crippen LogP contribution in [0.2, 0.25) is 0 Å². The molecule has 0 saturated heterocycles. The Balaban J connectivity index is 0.000000357. The topological polar surface area (TPSA) is 17.1 Å². The van der Waals surface area contributed by atoms with Crippen LogP contribution in [0.1, 0.15) is 18.9 Å². The van der Waals surface area contributed by atoms with Gasteiger partial charge in [0.05, 0.1) is 0 Å². The lowest BCUT2D eigenvalue weighted by molar-refractivity contribution is -0.107. The second kappa shape index (κ2) is 8.02. The average molecular weight is 238 g/mol. The standard InChI is InChI=1S/C14H12.C3H6O/c1-2-12-8-10-14(11-9-12)13-6-4-3-5-7-13;1-2-3-4/h2-11H,1H2;3H,2H2,1H3. The summed E-state index contributed by atoms with van der Waals surface area (Å²) in [6.45, 7) is 5.55. The van der Waals surface area contributed by atoms with E-state index >= 15 is 0 Å². The zero-order chi connectivity index (χ0) is 13.2. The highest BCUT2D eigenvalue weighted by Gasteiger charge is 1.94. The zero-order valence-corrected chi connectivity index (χ0v) is 10.7. The number of hydrogen-bond acceptors (Lipinski definition) is 1. The molecule has 92 valence electrons. The molecule has 0 saturated carbocycles. The molecule has 0 aromatic heterocycles. The number of aldehydes is 1. The summed E-state index contributed by atoms with van der Waals surface area (Å²) in [6, 6.07) is 18.8. The van der Waals surface area contributed by atoms with E-state index in [1.165, 1.54) is 11.1 Å². The van der Waals surface area contributed by atoms with Crippen LogP contribution in [0.15, 0.2) is 61.2 Å². The van der Waals surface area contributed by atoms with Gasteiger partial charge >= 0.3 is 0 Å². The SMILES string of the molecule is C=Cc1ccc(-c2ccccc2)cc1.CCC=O. The molecule has 0 fully saturated rings. The maximum atomic E-state index is 9.17. The van der Waals surface area contributed by atoms with Gasteiger partial charge in [-0.2, -0.15) is 0 Å². The molecule has 0 amide bonds. The van der Waals surface area contributed by atoms with Crippen LogP contribution < -0.4 is 0 Å². The number of carbonyl (C=O) groups is 1. The molecule has 0 N–H and O–H groups in total. The Morgan fingerprint density at radius 1 is 0.944 bits per heavy atom. The molecule has 2 aromatic rings. The van der Waals surface area contributed by atoms with Gasteiger partial charge in [-0.05, 0) is 16.7 Å². The van der Waals surface area contributed by atoms with Crippen LogP contribution in [0.25, 0.3) is 17.2 Å². The van der Waals surface area contributed by atoms with Crippen molar-refractivity contribution in [1.29, 1.82) is 0 Å². The first-order valence-corrected chi connectivity index (χ1v) is 6.03. The normalized spacial score (nSPS) is 8.94. The molecule has 2 rings (SSSR count). The summed E-state index contributed by atoms with van der Waals surface area (Å²) in [6.07, 6.45) is 3.37. The van der Waals surface area contributed by atoms with Crippen LogP contribution in [0.4, 0.5) is 0 Å². The third kappa shape index (κ3) is 4.38. The average Bonchev–Trinajstić information content (AvgIpc) is 2.48. The molecule has 0 radical (unpaired) electrons. The molecule has 0 bridgehead atoms. The van der Waals surface area contributed by atoms with Gasteiger partial charge < -0.3 is 4.79 Å². The first kappa shape index (κ1) is 13.9. The molecule has 0 spiro atoms. The van der Waals surface area contributed by atoms with E-state index in [2.05, 4.69) is 55.1 Å². The van der Waals surface area contributed by atoms with Crippen molar-refractivity contribution in [2.24, 2.45) is 0 Å². The van der Waals surface area contributed by atoms with Crippen LogP contribution in [0, 0.1) is 0 Å². The van der Waals surface area contributed by atoms with E-state index in [4.69, 9.17) is 0 Å². The van der Waals surface area contributed by atoms with Gasteiger partial charge in [-0.1, -0.05) is 74.2 Å². The number of benzene rings is 2. The lowest BCUT2D eigenvalue weighted by Crippen LogP contribution is -1.76. The minimum Gasteiger partial charge on any atom is -0.303 e. The quantitative estimate of drug-likeness (QED) is 0.715. The maximum absolute atomic E-state index is 9.17. The first-order valence-electron chi connectivity index (χ1n) is 6.03. The van der Waals surface area contributed by atoms with Crippen LogP contribution in [0.3, 0.4) is 0 Å². The van der Waals surface area contributed by atoms with E-state index < -0.39 is 0 Å². The molecule has 0 aliphatic rings. The van der Waals surface area contributed by atoms with Crippen molar-refractivity contribution in [3.63, 3.8) is 0 Å². The monoisotopic (exact) mass is 238 g/mol. The van der Waals surface area contributed by atoms with Gasteiger partial charge in [-0.15, -0.1) is 0 Å². The van der Waals surface area contributed by atoms with Crippen molar-refractivity contribution in [2.75, 3.05) is 0 Å². The lowest BCUT2D eigenvalue weighted by atomic mass is 10.0. The lowest BCUT2D eigenvalue weighted by Gasteiger charge is -2.01. The van der Waals surface area contributed by atoms with Crippen molar-refractivity contribution < 1.29 is 4.79 Å². The highest BCUT2D eigenvalue weighted by Crippen LogP contribution is 2.19. The van der Waals surface area contributed by atoms with E-state index in [9.17, 15) is 4.79 Å². The Labute approximate surface area is 109 Å². The number of hydrogen-bond donors (Lipinski definition) is 0. The molecule has 2 aromatic carbocycles. The van der Waals surface area contributed by atoms with E-state index in [0.717, 1.165) is 11.8 Å². The highest BCUT2D eigenvalue weighted by atomic mass is 16.1. The van der Waals surface area contributed by atoms with Crippen molar-refractivity contribution in [3.05, 3.63) is 66.7 Å². The zero-order valence-electron chi connectivity index (χ0n) is 10.7. The minimum absolute atomic E-state index is 0.639. The van der Waals surface area contributed by atoms with Crippen molar-refractivity contribution >= 4 is 12.4 Å². The molecule has 0 atom stereocenters. The Bertz CT molecular complexity index is 469. The van der Waals surface area contributed by atoms with Gasteiger partial charge in [0.2, 0.25) is 0 Å². The van der Waals surface area contributed by atoms with Crippen molar-refractivity contribution in [2.45, 2.75) is 13.3 Å². The summed E-state index contributed by atoms with van der Waals surface area (Å²) in [5.74, 6) is 0. The Hall–Kier alpha value is -2.15. The summed E-state index contributed by atoms with van der Waals surface area (Å²) in [5, 5.41) is 0. The fourth-order valence-electron chi connectivity index (χ4n) is 1.44. The summed E-state index contributed by atoms with van der Waals surface area (Å²) in [4.78, 5) is 9.17. The molecule has 1 heteroatoms. The third-order valence-corrected chi connectivity index (χ3v) is 2.42. The van der Waals surface area contributed by atoms with Crippen LogP contribution in [-0.2, 0) is 4.79 Å². The molecule has 0 unspecified atom stereocenters. The van der Waals surface area contributed by atoms with Gasteiger partial charge in [0.15, 0.2) is 0 Å². The number of carbonyl (C=O) groups excluding carboxylic acids is 1. The predicted molar refractivity (Wildman–Crippen MR) is 78.3 cm³/mol. The van der Waals surface area contributed by atoms with Gasteiger partial charge in [-0.25, -0.2) is 0 Å². The Kier molecular flexibility index (Phi) is 6.20. The molecule has 18 heavy (non-hydrogen) atoms.